The third kappa shape index (κ3) is 4.76. The summed E-state index contributed by atoms with van der Waals surface area (Å²) in [6, 6.07) is 4.40. The molecule has 2 aromatic heterocycles. The minimum atomic E-state index is -0.817. The number of ether oxygens (including phenoxy) is 1. The predicted octanol–water partition coefficient (Wildman–Crippen LogP) is 4.81. The topological polar surface area (TPSA) is 78.0 Å². The summed E-state index contributed by atoms with van der Waals surface area (Å²) in [4.78, 5) is 4.20. The molecule has 4 rings (SSSR count). The second kappa shape index (κ2) is 8.98. The van der Waals surface area contributed by atoms with Crippen LogP contribution >= 0.6 is 23.2 Å². The van der Waals surface area contributed by atoms with Gasteiger partial charge in [-0.15, -0.1) is 0 Å². The van der Waals surface area contributed by atoms with Gasteiger partial charge in [-0.1, -0.05) is 23.2 Å². The molecule has 3 atom stereocenters. The molecule has 0 amide bonds. The number of pyridine rings is 1. The number of hydrogen-bond donors (Lipinski definition) is 2. The van der Waals surface area contributed by atoms with Crippen molar-refractivity contribution in [2.24, 2.45) is 0 Å². The number of halogens is 4. The number of rotatable bonds is 6. The highest BCUT2D eigenvalue weighted by molar-refractivity contribution is 6.36. The van der Waals surface area contributed by atoms with Gasteiger partial charge in [-0.3, -0.25) is 4.68 Å². The van der Waals surface area contributed by atoms with E-state index < -0.39 is 18.1 Å². The van der Waals surface area contributed by atoms with Crippen LogP contribution in [0, 0.1) is 5.82 Å². The van der Waals surface area contributed by atoms with E-state index in [4.69, 9.17) is 33.7 Å². The molecule has 1 aliphatic heterocycles. The quantitative estimate of drug-likeness (QED) is 0.508. The Morgan fingerprint density at radius 1 is 1.32 bits per heavy atom. The molecule has 1 saturated heterocycles. The summed E-state index contributed by atoms with van der Waals surface area (Å²) in [6.45, 7) is 2.64. The van der Waals surface area contributed by atoms with Crippen molar-refractivity contribution < 1.29 is 13.5 Å². The average Bonchev–Trinajstić information content (AvgIpc) is 3.36. The molecule has 31 heavy (non-hydrogen) atoms. The van der Waals surface area contributed by atoms with Crippen molar-refractivity contribution in [2.75, 3.05) is 12.3 Å². The number of aromatic nitrogens is 3. The van der Waals surface area contributed by atoms with Crippen LogP contribution in [0.2, 0.25) is 10.0 Å². The zero-order chi connectivity index (χ0) is 22.1. The molecule has 0 aliphatic carbocycles. The summed E-state index contributed by atoms with van der Waals surface area (Å²) in [7, 11) is 0. The first kappa shape index (κ1) is 21.8. The second-order valence-electron chi connectivity index (χ2n) is 7.51. The second-order valence-corrected chi connectivity index (χ2v) is 8.30. The SMILES string of the molecule is C[C@@H](Oc1cc(-c2cnn(C[C@@H]3CC(F)CN3)c2)cnc1N)c1c(Cl)ccc(F)c1Cl. The van der Waals surface area contributed by atoms with Gasteiger partial charge in [0.1, 0.15) is 18.1 Å². The fraction of sp³-hybridized carbons (Fsp3) is 0.333. The number of nitrogens with zero attached hydrogens (tertiary/aromatic N) is 3. The summed E-state index contributed by atoms with van der Waals surface area (Å²) in [5.41, 5.74) is 7.86. The monoisotopic (exact) mass is 467 g/mol. The summed E-state index contributed by atoms with van der Waals surface area (Å²) in [5.74, 6) is -0.0951. The van der Waals surface area contributed by atoms with Crippen LogP contribution in [0.15, 0.2) is 36.8 Å². The van der Waals surface area contributed by atoms with Crippen molar-refractivity contribution in [1.82, 2.24) is 20.1 Å². The Hall–Kier alpha value is -2.42. The van der Waals surface area contributed by atoms with E-state index in [9.17, 15) is 8.78 Å². The predicted molar refractivity (Wildman–Crippen MR) is 117 cm³/mol. The Balaban J connectivity index is 1.53. The number of alkyl halides is 1. The third-order valence-electron chi connectivity index (χ3n) is 5.21. The maximum absolute atomic E-state index is 13.9. The first-order valence-corrected chi connectivity index (χ1v) is 10.5. The Bertz CT molecular complexity index is 1090. The van der Waals surface area contributed by atoms with E-state index in [1.54, 1.807) is 30.1 Å². The molecule has 0 radical (unpaired) electrons. The number of nitrogens with two attached hydrogens (primary N) is 1. The van der Waals surface area contributed by atoms with Gasteiger partial charge in [0.25, 0.3) is 0 Å². The fourth-order valence-corrected chi connectivity index (χ4v) is 4.30. The molecule has 0 saturated carbocycles. The minimum Gasteiger partial charge on any atom is -0.482 e. The number of nitrogen functional groups attached to an aromatic ring is 1. The summed E-state index contributed by atoms with van der Waals surface area (Å²) < 4.78 is 34.9. The van der Waals surface area contributed by atoms with Gasteiger partial charge in [0.15, 0.2) is 11.6 Å². The smallest absolute Gasteiger partial charge is 0.166 e. The molecule has 0 spiro atoms. The Kier molecular flexibility index (Phi) is 6.31. The maximum Gasteiger partial charge on any atom is 0.166 e. The zero-order valence-electron chi connectivity index (χ0n) is 16.7. The molecular weight excluding hydrogens is 447 g/mol. The molecule has 1 unspecified atom stereocenters. The van der Waals surface area contributed by atoms with Crippen LogP contribution in [-0.2, 0) is 6.54 Å². The van der Waals surface area contributed by atoms with Crippen molar-refractivity contribution in [3.63, 3.8) is 0 Å². The molecule has 6 nitrogen and oxygen atoms in total. The standard InChI is InChI=1S/C21H21Cl2F2N5O/c1-11(19-16(22)2-3-17(25)20(19)23)31-18-4-12(6-28-21(18)26)13-7-29-30(9-13)10-15-5-14(24)8-27-15/h2-4,6-7,9,11,14-15,27H,5,8,10H2,1H3,(H2,26,28)/t11-,14?,15+/m1/s1. The van der Waals surface area contributed by atoms with Crippen molar-refractivity contribution >= 4 is 29.0 Å². The molecule has 3 heterocycles. The lowest BCUT2D eigenvalue weighted by atomic mass is 10.1. The van der Waals surface area contributed by atoms with Crippen molar-refractivity contribution in [3.8, 4) is 16.9 Å². The van der Waals surface area contributed by atoms with Gasteiger partial charge in [-0.05, 0) is 31.5 Å². The van der Waals surface area contributed by atoms with E-state index in [0.29, 0.717) is 35.8 Å². The number of nitrogens with one attached hydrogen (secondary N) is 1. The van der Waals surface area contributed by atoms with Crippen LogP contribution in [0.4, 0.5) is 14.6 Å². The number of anilines is 1. The lowest BCUT2D eigenvalue weighted by molar-refractivity contribution is 0.227. The van der Waals surface area contributed by atoms with Crippen LogP contribution in [0.3, 0.4) is 0 Å². The fourth-order valence-electron chi connectivity index (χ4n) is 3.62. The highest BCUT2D eigenvalue weighted by atomic mass is 35.5. The third-order valence-corrected chi connectivity index (χ3v) is 5.93. The summed E-state index contributed by atoms with van der Waals surface area (Å²) >= 11 is 12.3. The van der Waals surface area contributed by atoms with E-state index in [1.807, 2.05) is 6.20 Å². The van der Waals surface area contributed by atoms with E-state index in [0.717, 1.165) is 11.1 Å². The zero-order valence-corrected chi connectivity index (χ0v) is 18.2. The molecule has 164 valence electrons. The number of hydrogen-bond acceptors (Lipinski definition) is 5. The summed E-state index contributed by atoms with van der Waals surface area (Å²) in [6.07, 6.45) is 4.15. The van der Waals surface area contributed by atoms with E-state index in [2.05, 4.69) is 15.4 Å². The molecule has 1 aromatic carbocycles. The first-order chi connectivity index (χ1) is 14.8. The van der Waals surface area contributed by atoms with Crippen LogP contribution < -0.4 is 15.8 Å². The van der Waals surface area contributed by atoms with Gasteiger partial charge >= 0.3 is 0 Å². The van der Waals surface area contributed by atoms with Gasteiger partial charge in [-0.25, -0.2) is 13.8 Å². The Morgan fingerprint density at radius 3 is 2.87 bits per heavy atom. The normalized spacial score (nSPS) is 19.5. The van der Waals surface area contributed by atoms with Crippen LogP contribution in [-0.4, -0.2) is 33.5 Å². The Morgan fingerprint density at radius 2 is 2.13 bits per heavy atom. The van der Waals surface area contributed by atoms with E-state index in [1.165, 1.54) is 12.1 Å². The lowest BCUT2D eigenvalue weighted by Crippen LogP contribution is -2.26. The van der Waals surface area contributed by atoms with Gasteiger partial charge in [0.05, 0.1) is 17.8 Å². The molecule has 3 aromatic rings. The van der Waals surface area contributed by atoms with Gasteiger partial charge in [0, 0.05) is 46.7 Å². The highest BCUT2D eigenvalue weighted by Crippen LogP contribution is 2.36. The molecule has 0 bridgehead atoms. The molecular formula is C21H21Cl2F2N5O. The highest BCUT2D eigenvalue weighted by Gasteiger charge is 2.24. The molecule has 1 fully saturated rings. The first-order valence-electron chi connectivity index (χ1n) is 9.77. The maximum atomic E-state index is 13.9. The van der Waals surface area contributed by atoms with E-state index >= 15 is 0 Å². The van der Waals surface area contributed by atoms with Gasteiger partial charge in [0.2, 0.25) is 0 Å². The van der Waals surface area contributed by atoms with E-state index in [-0.39, 0.29) is 16.9 Å². The van der Waals surface area contributed by atoms with Crippen molar-refractivity contribution in [2.45, 2.75) is 38.2 Å². The largest absolute Gasteiger partial charge is 0.482 e. The average molecular weight is 468 g/mol. The lowest BCUT2D eigenvalue weighted by Gasteiger charge is -2.19. The molecule has 10 heteroatoms. The van der Waals surface area contributed by atoms with Crippen LogP contribution in [0.5, 0.6) is 5.75 Å². The van der Waals surface area contributed by atoms with Gasteiger partial charge < -0.3 is 15.8 Å². The number of benzene rings is 1. The van der Waals surface area contributed by atoms with Crippen LogP contribution in [0.25, 0.3) is 11.1 Å². The Labute approximate surface area is 188 Å². The molecule has 1 aliphatic rings. The minimum absolute atomic E-state index is 0.0489. The molecule has 3 N–H and O–H groups in total. The van der Waals surface area contributed by atoms with Crippen LogP contribution in [0.1, 0.15) is 25.0 Å². The van der Waals surface area contributed by atoms with Crippen molar-refractivity contribution in [3.05, 3.63) is 58.2 Å². The summed E-state index contributed by atoms with van der Waals surface area (Å²) in [5, 5.41) is 7.68. The van der Waals surface area contributed by atoms with Gasteiger partial charge in [-0.2, -0.15) is 5.10 Å². The van der Waals surface area contributed by atoms with Crippen molar-refractivity contribution in [1.29, 1.82) is 0 Å².